The lowest BCUT2D eigenvalue weighted by atomic mass is 9.67. The topological polar surface area (TPSA) is 37.3 Å². The first-order chi connectivity index (χ1) is 9.55. The van der Waals surface area contributed by atoms with Gasteiger partial charge < -0.3 is 5.11 Å². The molecule has 0 saturated heterocycles. The molecule has 20 heavy (non-hydrogen) atoms. The largest absolute Gasteiger partial charge is 0.481 e. The van der Waals surface area contributed by atoms with Crippen LogP contribution in [0.3, 0.4) is 0 Å². The molecule has 1 N–H and O–H groups in total. The van der Waals surface area contributed by atoms with Gasteiger partial charge >= 0.3 is 5.97 Å². The van der Waals surface area contributed by atoms with Crippen molar-refractivity contribution in [1.29, 1.82) is 0 Å². The Labute approximate surface area is 126 Å². The Hall–Kier alpha value is -1.02. The van der Waals surface area contributed by atoms with Crippen molar-refractivity contribution in [3.8, 4) is 0 Å². The molecule has 1 aromatic rings. The Morgan fingerprint density at radius 1 is 1.40 bits per heavy atom. The van der Waals surface area contributed by atoms with Gasteiger partial charge in [-0.1, -0.05) is 43.5 Å². The smallest absolute Gasteiger partial charge is 0.309 e. The summed E-state index contributed by atoms with van der Waals surface area (Å²) in [5.74, 6) is 0.0688. The van der Waals surface area contributed by atoms with E-state index < -0.39 is 11.4 Å². The summed E-state index contributed by atoms with van der Waals surface area (Å²) in [5, 5.41) is 10.4. The van der Waals surface area contributed by atoms with E-state index in [9.17, 15) is 9.90 Å². The van der Waals surface area contributed by atoms with Crippen LogP contribution in [0.25, 0.3) is 0 Å². The molecule has 2 nitrogen and oxygen atoms in total. The second-order valence-electron chi connectivity index (χ2n) is 6.12. The molecule has 1 aliphatic carbocycles. The van der Waals surface area contributed by atoms with Crippen LogP contribution in [-0.2, 0) is 11.2 Å². The van der Waals surface area contributed by atoms with Crippen LogP contribution in [0.15, 0.2) is 24.3 Å². The molecule has 0 aromatic heterocycles. The molecule has 3 heteroatoms. The SMILES string of the molecule is CCCC1CCC(Cc2cccc(Cl)c2)(C(=O)O)CC1. The number of aliphatic carboxylic acids is 1. The average Bonchev–Trinajstić information content (AvgIpc) is 2.41. The third-order valence-electron chi connectivity index (χ3n) is 4.64. The third-order valence-corrected chi connectivity index (χ3v) is 4.88. The highest BCUT2D eigenvalue weighted by Gasteiger charge is 2.41. The number of hydrogen-bond donors (Lipinski definition) is 1. The van der Waals surface area contributed by atoms with Gasteiger partial charge in [0.1, 0.15) is 0 Å². The van der Waals surface area contributed by atoms with Gasteiger partial charge in [-0.05, 0) is 55.7 Å². The van der Waals surface area contributed by atoms with Crippen molar-refractivity contribution in [2.45, 2.75) is 51.9 Å². The van der Waals surface area contributed by atoms with E-state index in [2.05, 4.69) is 6.92 Å². The van der Waals surface area contributed by atoms with Crippen LogP contribution >= 0.6 is 11.6 Å². The minimum absolute atomic E-state index is 0.588. The molecule has 0 heterocycles. The predicted molar refractivity (Wildman–Crippen MR) is 82.1 cm³/mol. The van der Waals surface area contributed by atoms with Crippen molar-refractivity contribution in [2.24, 2.45) is 11.3 Å². The summed E-state index contributed by atoms with van der Waals surface area (Å²) in [7, 11) is 0. The lowest BCUT2D eigenvalue weighted by Gasteiger charge is -2.37. The van der Waals surface area contributed by atoms with E-state index in [4.69, 9.17) is 11.6 Å². The Kier molecular flexibility index (Phi) is 5.09. The number of carboxylic acid groups (broad SMARTS) is 1. The van der Waals surface area contributed by atoms with Crippen LogP contribution in [0.5, 0.6) is 0 Å². The first-order valence-electron chi connectivity index (χ1n) is 7.53. The monoisotopic (exact) mass is 294 g/mol. The molecule has 0 bridgehead atoms. The lowest BCUT2D eigenvalue weighted by molar-refractivity contribution is -0.151. The molecule has 110 valence electrons. The zero-order chi connectivity index (χ0) is 14.6. The normalized spacial score (nSPS) is 26.4. The summed E-state index contributed by atoms with van der Waals surface area (Å²) in [5.41, 5.74) is 0.448. The minimum atomic E-state index is -0.646. The van der Waals surface area contributed by atoms with E-state index in [1.165, 1.54) is 12.8 Å². The molecule has 1 fully saturated rings. The highest BCUT2D eigenvalue weighted by Crippen LogP contribution is 2.43. The first kappa shape index (κ1) is 15.4. The van der Waals surface area contributed by atoms with Crippen molar-refractivity contribution in [1.82, 2.24) is 0 Å². The Morgan fingerprint density at radius 2 is 2.10 bits per heavy atom. The van der Waals surface area contributed by atoms with Crippen LogP contribution in [0.1, 0.15) is 51.0 Å². The summed E-state index contributed by atoms with van der Waals surface area (Å²) in [6.07, 6.45) is 6.69. The fourth-order valence-electron chi connectivity index (χ4n) is 3.43. The molecule has 1 aromatic carbocycles. The van der Waals surface area contributed by atoms with Crippen LogP contribution in [0.2, 0.25) is 5.02 Å². The molecule has 1 aliphatic rings. The second kappa shape index (κ2) is 6.62. The molecule has 0 amide bonds. The standard InChI is InChI=1S/C17H23ClO2/c1-2-4-13-7-9-17(10-8-13,16(19)20)12-14-5-3-6-15(18)11-14/h3,5-6,11,13H,2,4,7-10,12H2,1H3,(H,19,20). The maximum atomic E-state index is 11.8. The summed E-state index contributed by atoms with van der Waals surface area (Å²) < 4.78 is 0. The average molecular weight is 295 g/mol. The maximum Gasteiger partial charge on any atom is 0.309 e. The van der Waals surface area contributed by atoms with Gasteiger partial charge in [0, 0.05) is 5.02 Å². The first-order valence-corrected chi connectivity index (χ1v) is 7.91. The number of halogens is 1. The molecule has 0 spiro atoms. The fourth-order valence-corrected chi connectivity index (χ4v) is 3.64. The number of carboxylic acids is 1. The van der Waals surface area contributed by atoms with E-state index in [1.54, 1.807) is 0 Å². The molecule has 0 radical (unpaired) electrons. The Morgan fingerprint density at radius 3 is 2.65 bits per heavy atom. The fraction of sp³-hybridized carbons (Fsp3) is 0.588. The molecule has 0 atom stereocenters. The van der Waals surface area contributed by atoms with Crippen molar-refractivity contribution in [3.05, 3.63) is 34.9 Å². The molecular formula is C17H23ClO2. The van der Waals surface area contributed by atoms with Gasteiger partial charge in [0.25, 0.3) is 0 Å². The Bertz CT molecular complexity index is 462. The molecule has 0 aliphatic heterocycles. The van der Waals surface area contributed by atoms with Crippen LogP contribution < -0.4 is 0 Å². The van der Waals surface area contributed by atoms with E-state index in [0.717, 1.165) is 31.2 Å². The van der Waals surface area contributed by atoms with Crippen LogP contribution in [0, 0.1) is 11.3 Å². The maximum absolute atomic E-state index is 11.8. The summed E-state index contributed by atoms with van der Waals surface area (Å²) in [6.45, 7) is 2.20. The zero-order valence-corrected chi connectivity index (χ0v) is 12.8. The highest BCUT2D eigenvalue weighted by atomic mass is 35.5. The quantitative estimate of drug-likeness (QED) is 0.835. The van der Waals surface area contributed by atoms with Gasteiger partial charge in [-0.25, -0.2) is 0 Å². The van der Waals surface area contributed by atoms with Crippen molar-refractivity contribution < 1.29 is 9.90 Å². The van der Waals surface area contributed by atoms with Gasteiger partial charge in [-0.3, -0.25) is 4.79 Å². The van der Waals surface area contributed by atoms with Crippen molar-refractivity contribution in [3.63, 3.8) is 0 Å². The summed E-state index contributed by atoms with van der Waals surface area (Å²) in [4.78, 5) is 11.8. The number of rotatable bonds is 5. The number of benzene rings is 1. The van der Waals surface area contributed by atoms with Gasteiger partial charge in [0.05, 0.1) is 5.41 Å². The minimum Gasteiger partial charge on any atom is -0.481 e. The van der Waals surface area contributed by atoms with E-state index in [1.807, 2.05) is 24.3 Å². The molecule has 2 rings (SSSR count). The number of hydrogen-bond acceptors (Lipinski definition) is 1. The summed E-state index contributed by atoms with van der Waals surface area (Å²) >= 11 is 6.00. The van der Waals surface area contributed by atoms with E-state index in [0.29, 0.717) is 17.4 Å². The third kappa shape index (κ3) is 3.54. The number of carbonyl (C=O) groups is 1. The molecule has 1 saturated carbocycles. The Balaban J connectivity index is 2.10. The predicted octanol–water partition coefficient (Wildman–Crippen LogP) is 4.94. The lowest BCUT2D eigenvalue weighted by Crippen LogP contribution is -2.37. The molecular weight excluding hydrogens is 272 g/mol. The van der Waals surface area contributed by atoms with Gasteiger partial charge in [0.2, 0.25) is 0 Å². The second-order valence-corrected chi connectivity index (χ2v) is 6.56. The molecule has 0 unspecified atom stereocenters. The zero-order valence-electron chi connectivity index (χ0n) is 12.1. The van der Waals surface area contributed by atoms with Crippen molar-refractivity contribution >= 4 is 17.6 Å². The van der Waals surface area contributed by atoms with Crippen LogP contribution in [-0.4, -0.2) is 11.1 Å². The van der Waals surface area contributed by atoms with Gasteiger partial charge in [0.15, 0.2) is 0 Å². The van der Waals surface area contributed by atoms with Gasteiger partial charge in [-0.2, -0.15) is 0 Å². The summed E-state index contributed by atoms with van der Waals surface area (Å²) in [6, 6.07) is 7.60. The van der Waals surface area contributed by atoms with Crippen molar-refractivity contribution in [2.75, 3.05) is 0 Å². The highest BCUT2D eigenvalue weighted by molar-refractivity contribution is 6.30. The van der Waals surface area contributed by atoms with Gasteiger partial charge in [-0.15, -0.1) is 0 Å². The van der Waals surface area contributed by atoms with E-state index >= 15 is 0 Å². The van der Waals surface area contributed by atoms with Crippen LogP contribution in [0.4, 0.5) is 0 Å². The van der Waals surface area contributed by atoms with E-state index in [-0.39, 0.29) is 0 Å².